The highest BCUT2D eigenvalue weighted by Gasteiger charge is 2.31. The monoisotopic (exact) mass is 580 g/mol. The average molecular weight is 581 g/mol. The molecule has 2 aromatic heterocycles. The molecule has 39 heavy (non-hydrogen) atoms. The first-order valence-corrected chi connectivity index (χ1v) is 13.9. The van der Waals surface area contributed by atoms with Crippen molar-refractivity contribution in [2.45, 2.75) is 50.7 Å². The molecule has 0 saturated carbocycles. The fraction of sp³-hybridized carbons (Fsp3) is 0.385. The van der Waals surface area contributed by atoms with Gasteiger partial charge < -0.3 is 14.8 Å². The second-order valence-corrected chi connectivity index (χ2v) is 11.0. The molecule has 0 fully saturated rings. The summed E-state index contributed by atoms with van der Waals surface area (Å²) in [4.78, 5) is 26.4. The lowest BCUT2D eigenvalue weighted by molar-refractivity contribution is -0.137. The normalized spacial score (nSPS) is 14.9. The number of fused-ring (bicyclic) bond motifs is 1. The number of ether oxygens (including phenoxy) is 2. The number of rotatable bonds is 10. The number of thiophene rings is 1. The molecule has 0 saturated heterocycles. The summed E-state index contributed by atoms with van der Waals surface area (Å²) >= 11 is 2.54. The van der Waals surface area contributed by atoms with Gasteiger partial charge in [0.05, 0.1) is 24.0 Å². The van der Waals surface area contributed by atoms with Crippen LogP contribution in [0.5, 0.6) is 5.75 Å². The maximum atomic E-state index is 13.0. The van der Waals surface area contributed by atoms with Gasteiger partial charge >= 0.3 is 12.1 Å². The molecule has 8 nitrogen and oxygen atoms in total. The highest BCUT2D eigenvalue weighted by Crippen LogP contribution is 2.40. The number of nitrogens with one attached hydrogen (secondary N) is 1. The lowest BCUT2D eigenvalue weighted by Crippen LogP contribution is -2.17. The highest BCUT2D eigenvalue weighted by atomic mass is 32.2. The average Bonchev–Trinajstić information content (AvgIpc) is 3.45. The number of aromatic nitrogens is 3. The topological polar surface area (TPSA) is 95.3 Å². The molecule has 0 spiro atoms. The minimum Gasteiger partial charge on any atom is -0.486 e. The van der Waals surface area contributed by atoms with Crippen molar-refractivity contribution in [1.82, 2.24) is 14.8 Å². The summed E-state index contributed by atoms with van der Waals surface area (Å²) in [5.41, 5.74) is 0.557. The van der Waals surface area contributed by atoms with Crippen LogP contribution in [0.1, 0.15) is 45.5 Å². The van der Waals surface area contributed by atoms with E-state index in [1.165, 1.54) is 30.6 Å². The first-order valence-electron chi connectivity index (χ1n) is 12.1. The number of thioether (sulfide) groups is 1. The van der Waals surface area contributed by atoms with Gasteiger partial charge in [-0.2, -0.15) is 13.2 Å². The Morgan fingerprint density at radius 3 is 2.85 bits per heavy atom. The predicted octanol–water partition coefficient (Wildman–Crippen LogP) is 5.77. The fourth-order valence-corrected chi connectivity index (χ4v) is 6.39. The first kappa shape index (κ1) is 28.7. The molecule has 1 aromatic carbocycles. The van der Waals surface area contributed by atoms with Gasteiger partial charge in [-0.3, -0.25) is 9.36 Å². The van der Waals surface area contributed by atoms with Crippen molar-refractivity contribution in [2.24, 2.45) is 5.92 Å². The van der Waals surface area contributed by atoms with Crippen LogP contribution in [0, 0.1) is 5.92 Å². The lowest BCUT2D eigenvalue weighted by Gasteiger charge is -2.18. The number of allylic oxidation sites excluding steroid dienone is 1. The van der Waals surface area contributed by atoms with Gasteiger partial charge in [-0.1, -0.05) is 30.8 Å². The number of alkyl halides is 3. The van der Waals surface area contributed by atoms with E-state index < -0.39 is 17.7 Å². The van der Waals surface area contributed by atoms with Gasteiger partial charge in [-0.15, -0.1) is 28.1 Å². The third-order valence-electron chi connectivity index (χ3n) is 6.12. The largest absolute Gasteiger partial charge is 0.486 e. The standard InChI is InChI=1S/C26H27F3N4O4S2/c1-4-10-33-20(13-37-17-7-5-6-16(12-17)26(27,28)29)31-32-25(33)38-14-21(34)30-23-22(24(35)36-3)18-9-8-15(2)11-19(18)39-23/h4-7,12,15H,1,8-11,13-14H2,2-3H3,(H,30,34). The Kier molecular flexibility index (Phi) is 9.01. The van der Waals surface area contributed by atoms with E-state index in [9.17, 15) is 22.8 Å². The third kappa shape index (κ3) is 6.82. The van der Waals surface area contributed by atoms with Crippen molar-refractivity contribution < 1.29 is 32.2 Å². The fourth-order valence-electron chi connectivity index (χ4n) is 4.20. The Bertz CT molecular complexity index is 1370. The molecule has 0 bridgehead atoms. The molecule has 1 atom stereocenters. The highest BCUT2D eigenvalue weighted by molar-refractivity contribution is 7.99. The smallest absolute Gasteiger partial charge is 0.416 e. The molecule has 2 heterocycles. The van der Waals surface area contributed by atoms with Gasteiger partial charge in [0.15, 0.2) is 11.0 Å². The van der Waals surface area contributed by atoms with Gasteiger partial charge in [0.2, 0.25) is 5.91 Å². The van der Waals surface area contributed by atoms with Crippen molar-refractivity contribution in [3.8, 4) is 5.75 Å². The molecular formula is C26H27F3N4O4S2. The van der Waals surface area contributed by atoms with E-state index >= 15 is 0 Å². The second-order valence-electron chi connectivity index (χ2n) is 9.00. The molecule has 208 valence electrons. The number of carbonyl (C=O) groups is 2. The zero-order valence-corrected chi connectivity index (χ0v) is 23.0. The SMILES string of the molecule is C=CCn1c(COc2cccc(C(F)(F)F)c2)nnc1SCC(=O)Nc1sc2c(c1C(=O)OC)CCC(C)C2. The molecule has 1 unspecified atom stereocenters. The van der Waals surface area contributed by atoms with Crippen LogP contribution in [-0.4, -0.2) is 39.5 Å². The molecule has 0 aliphatic heterocycles. The van der Waals surface area contributed by atoms with E-state index in [1.807, 2.05) is 0 Å². The van der Waals surface area contributed by atoms with Crippen molar-refractivity contribution in [2.75, 3.05) is 18.2 Å². The van der Waals surface area contributed by atoms with Crippen molar-refractivity contribution in [3.05, 3.63) is 64.3 Å². The number of esters is 1. The van der Waals surface area contributed by atoms with E-state index in [0.717, 1.165) is 53.6 Å². The maximum absolute atomic E-state index is 13.0. The van der Waals surface area contributed by atoms with Crippen molar-refractivity contribution in [1.29, 1.82) is 0 Å². The van der Waals surface area contributed by atoms with Gasteiger partial charge in [-0.25, -0.2) is 4.79 Å². The predicted molar refractivity (Wildman–Crippen MR) is 142 cm³/mol. The minimum atomic E-state index is -4.48. The van der Waals surface area contributed by atoms with Crippen LogP contribution in [0.3, 0.4) is 0 Å². The summed E-state index contributed by atoms with van der Waals surface area (Å²) in [6, 6.07) is 4.57. The van der Waals surface area contributed by atoms with Crippen LogP contribution >= 0.6 is 23.1 Å². The molecular weight excluding hydrogens is 553 g/mol. The lowest BCUT2D eigenvalue weighted by atomic mass is 9.88. The first-order chi connectivity index (χ1) is 18.6. The Balaban J connectivity index is 1.43. The Morgan fingerprint density at radius 1 is 1.33 bits per heavy atom. The van der Waals surface area contributed by atoms with E-state index in [0.29, 0.717) is 34.0 Å². The van der Waals surface area contributed by atoms with Gasteiger partial charge in [0.1, 0.15) is 17.4 Å². The summed E-state index contributed by atoms with van der Waals surface area (Å²) in [6.07, 6.45) is -0.287. The molecule has 1 amide bonds. The van der Waals surface area contributed by atoms with Crippen LogP contribution in [0.2, 0.25) is 0 Å². The Hall–Kier alpha value is -3.32. The third-order valence-corrected chi connectivity index (χ3v) is 8.26. The van der Waals surface area contributed by atoms with Crippen molar-refractivity contribution >= 4 is 40.0 Å². The number of carbonyl (C=O) groups excluding carboxylic acids is 2. The zero-order valence-electron chi connectivity index (χ0n) is 21.3. The quantitative estimate of drug-likeness (QED) is 0.185. The van der Waals surface area contributed by atoms with E-state index in [-0.39, 0.29) is 24.0 Å². The molecule has 3 aromatic rings. The summed E-state index contributed by atoms with van der Waals surface area (Å²) in [6.45, 7) is 6.06. The second kappa shape index (κ2) is 12.2. The molecule has 1 aliphatic carbocycles. The maximum Gasteiger partial charge on any atom is 0.416 e. The number of benzene rings is 1. The Morgan fingerprint density at radius 2 is 2.13 bits per heavy atom. The van der Waals surface area contributed by atoms with Gasteiger partial charge in [0, 0.05) is 11.4 Å². The van der Waals surface area contributed by atoms with Gasteiger partial charge in [0.25, 0.3) is 0 Å². The van der Waals surface area contributed by atoms with Crippen molar-refractivity contribution in [3.63, 3.8) is 0 Å². The van der Waals surface area contributed by atoms with E-state index in [4.69, 9.17) is 9.47 Å². The summed E-state index contributed by atoms with van der Waals surface area (Å²) in [5, 5.41) is 12.0. The molecule has 13 heteroatoms. The van der Waals surface area contributed by atoms with Crippen LogP contribution in [-0.2, 0) is 41.7 Å². The molecule has 1 N–H and O–H groups in total. The van der Waals surface area contributed by atoms with Crippen LogP contribution in [0.15, 0.2) is 42.1 Å². The van der Waals surface area contributed by atoms with Crippen LogP contribution in [0.4, 0.5) is 18.2 Å². The number of anilines is 1. The number of halogens is 3. The Labute approximate surface area is 231 Å². The molecule has 0 radical (unpaired) electrons. The minimum absolute atomic E-state index is 0.0106. The van der Waals surface area contributed by atoms with Crippen LogP contribution in [0.25, 0.3) is 0 Å². The number of hydrogen-bond donors (Lipinski definition) is 1. The number of hydrogen-bond acceptors (Lipinski definition) is 8. The zero-order chi connectivity index (χ0) is 28.2. The molecule has 1 aliphatic rings. The summed E-state index contributed by atoms with van der Waals surface area (Å²) in [5.74, 6) is 0.101. The number of nitrogens with zero attached hydrogens (tertiary/aromatic N) is 3. The summed E-state index contributed by atoms with van der Waals surface area (Å²) < 4.78 is 51.2. The molecule has 4 rings (SSSR count). The van der Waals surface area contributed by atoms with E-state index in [1.54, 1.807) is 10.6 Å². The number of methoxy groups -OCH3 is 1. The van der Waals surface area contributed by atoms with Crippen LogP contribution < -0.4 is 10.1 Å². The summed E-state index contributed by atoms with van der Waals surface area (Å²) in [7, 11) is 1.32. The van der Waals surface area contributed by atoms with E-state index in [2.05, 4.69) is 29.0 Å². The van der Waals surface area contributed by atoms with Gasteiger partial charge in [-0.05, 0) is 48.9 Å². The number of amides is 1.